The normalized spacial score (nSPS) is 23.6. The predicted molar refractivity (Wildman–Crippen MR) is 71.5 cm³/mol. The Kier molecular flexibility index (Phi) is 4.15. The average molecular weight is 249 g/mol. The molecule has 5 nitrogen and oxygen atoms in total. The van der Waals surface area contributed by atoms with Crippen LogP contribution in [0.15, 0.2) is 24.3 Å². The number of benzene rings is 1. The molecule has 2 atom stereocenters. The summed E-state index contributed by atoms with van der Waals surface area (Å²) in [4.78, 5) is 10.4. The maximum Gasteiger partial charge on any atom is 0.271 e. The number of rotatable bonds is 4. The van der Waals surface area contributed by atoms with E-state index in [-0.39, 0.29) is 10.6 Å². The summed E-state index contributed by atoms with van der Waals surface area (Å²) in [6, 6.07) is 7.01. The van der Waals surface area contributed by atoms with Crippen LogP contribution < -0.4 is 11.1 Å². The van der Waals surface area contributed by atoms with Crippen LogP contribution in [0.4, 0.5) is 11.4 Å². The minimum Gasteiger partial charge on any atom is -0.382 e. The van der Waals surface area contributed by atoms with Gasteiger partial charge in [0.25, 0.3) is 5.69 Å². The van der Waals surface area contributed by atoms with Crippen molar-refractivity contribution < 1.29 is 4.92 Å². The second-order valence-electron chi connectivity index (χ2n) is 4.84. The summed E-state index contributed by atoms with van der Waals surface area (Å²) in [5.74, 6) is 0.470. The molecule has 18 heavy (non-hydrogen) atoms. The molecule has 1 aromatic rings. The summed E-state index contributed by atoms with van der Waals surface area (Å²) in [5, 5.41) is 14.1. The molecule has 1 saturated carbocycles. The number of hydrogen-bond donors (Lipinski definition) is 2. The van der Waals surface area contributed by atoms with E-state index in [1.54, 1.807) is 12.1 Å². The molecule has 1 aliphatic rings. The SMILES string of the molecule is NCC1CCCCC1Nc1cccc([N+](=O)[O-])c1. The Morgan fingerprint density at radius 2 is 2.17 bits per heavy atom. The Bertz CT molecular complexity index is 422. The van der Waals surface area contributed by atoms with E-state index in [9.17, 15) is 10.1 Å². The van der Waals surface area contributed by atoms with Crippen molar-refractivity contribution in [2.45, 2.75) is 31.7 Å². The number of non-ortho nitro benzene ring substituents is 1. The zero-order valence-electron chi connectivity index (χ0n) is 10.3. The lowest BCUT2D eigenvalue weighted by Crippen LogP contribution is -2.36. The van der Waals surface area contributed by atoms with Crippen LogP contribution in [0.2, 0.25) is 0 Å². The molecule has 0 aromatic heterocycles. The van der Waals surface area contributed by atoms with Gasteiger partial charge in [-0.1, -0.05) is 18.9 Å². The summed E-state index contributed by atoms with van der Waals surface area (Å²) < 4.78 is 0. The fourth-order valence-electron chi connectivity index (χ4n) is 2.60. The smallest absolute Gasteiger partial charge is 0.271 e. The molecule has 0 bridgehead atoms. The Labute approximate surface area is 107 Å². The number of hydrogen-bond acceptors (Lipinski definition) is 4. The maximum atomic E-state index is 10.7. The minimum atomic E-state index is -0.369. The number of nitro benzene ring substituents is 1. The van der Waals surface area contributed by atoms with Crippen molar-refractivity contribution in [1.82, 2.24) is 0 Å². The van der Waals surface area contributed by atoms with E-state index < -0.39 is 0 Å². The minimum absolute atomic E-state index is 0.125. The van der Waals surface area contributed by atoms with Gasteiger partial charge in [0.05, 0.1) is 4.92 Å². The molecule has 0 spiro atoms. The summed E-state index contributed by atoms with van der Waals surface area (Å²) in [6.07, 6.45) is 4.66. The highest BCUT2D eigenvalue weighted by molar-refractivity contribution is 5.51. The maximum absolute atomic E-state index is 10.7. The van der Waals surface area contributed by atoms with Crippen molar-refractivity contribution in [2.24, 2.45) is 11.7 Å². The Morgan fingerprint density at radius 3 is 2.89 bits per heavy atom. The molecule has 0 heterocycles. The van der Waals surface area contributed by atoms with Gasteiger partial charge in [0.1, 0.15) is 0 Å². The van der Waals surface area contributed by atoms with Crippen LogP contribution in [0.1, 0.15) is 25.7 Å². The average Bonchev–Trinajstić information content (AvgIpc) is 2.39. The molecule has 2 rings (SSSR count). The van der Waals surface area contributed by atoms with Gasteiger partial charge in [-0.05, 0) is 31.4 Å². The largest absolute Gasteiger partial charge is 0.382 e. The van der Waals surface area contributed by atoms with Crippen LogP contribution in [-0.4, -0.2) is 17.5 Å². The van der Waals surface area contributed by atoms with Gasteiger partial charge < -0.3 is 11.1 Å². The van der Waals surface area contributed by atoms with Gasteiger partial charge in [0, 0.05) is 23.9 Å². The molecule has 2 unspecified atom stereocenters. The lowest BCUT2D eigenvalue weighted by atomic mass is 9.84. The molecule has 1 aliphatic carbocycles. The fraction of sp³-hybridized carbons (Fsp3) is 0.538. The van der Waals surface area contributed by atoms with E-state index in [1.807, 2.05) is 6.07 Å². The Morgan fingerprint density at radius 1 is 1.39 bits per heavy atom. The highest BCUT2D eigenvalue weighted by Crippen LogP contribution is 2.27. The number of anilines is 1. The zero-order valence-corrected chi connectivity index (χ0v) is 10.3. The number of nitrogens with zero attached hydrogens (tertiary/aromatic N) is 1. The quantitative estimate of drug-likeness (QED) is 0.634. The Balaban J connectivity index is 2.07. The summed E-state index contributed by atoms with van der Waals surface area (Å²) in [6.45, 7) is 0.673. The van der Waals surface area contributed by atoms with Gasteiger partial charge in [-0.2, -0.15) is 0 Å². The van der Waals surface area contributed by atoms with Gasteiger partial charge in [0.2, 0.25) is 0 Å². The molecular formula is C13H19N3O2. The van der Waals surface area contributed by atoms with E-state index in [0.717, 1.165) is 18.5 Å². The van der Waals surface area contributed by atoms with Gasteiger partial charge in [0.15, 0.2) is 0 Å². The molecule has 3 N–H and O–H groups in total. The molecule has 1 fully saturated rings. The third-order valence-corrected chi connectivity index (χ3v) is 3.62. The van der Waals surface area contributed by atoms with E-state index in [1.165, 1.54) is 18.9 Å². The molecule has 0 radical (unpaired) electrons. The summed E-state index contributed by atoms with van der Waals surface area (Å²) >= 11 is 0. The fourth-order valence-corrected chi connectivity index (χ4v) is 2.60. The van der Waals surface area contributed by atoms with Crippen molar-refractivity contribution in [3.8, 4) is 0 Å². The predicted octanol–water partition coefficient (Wildman–Crippen LogP) is 2.52. The van der Waals surface area contributed by atoms with Crippen LogP contribution in [0.5, 0.6) is 0 Å². The topological polar surface area (TPSA) is 81.2 Å². The molecule has 1 aromatic carbocycles. The number of nitro groups is 1. The van der Waals surface area contributed by atoms with Crippen molar-refractivity contribution in [2.75, 3.05) is 11.9 Å². The third kappa shape index (κ3) is 2.98. The number of nitrogens with one attached hydrogen (secondary N) is 1. The van der Waals surface area contributed by atoms with E-state index in [4.69, 9.17) is 5.73 Å². The van der Waals surface area contributed by atoms with Gasteiger partial charge in [-0.15, -0.1) is 0 Å². The lowest BCUT2D eigenvalue weighted by molar-refractivity contribution is -0.384. The van der Waals surface area contributed by atoms with E-state index in [0.29, 0.717) is 18.5 Å². The van der Waals surface area contributed by atoms with Crippen molar-refractivity contribution in [3.05, 3.63) is 34.4 Å². The standard InChI is InChI=1S/C13H19N3O2/c14-9-10-4-1-2-7-13(10)15-11-5-3-6-12(8-11)16(17)18/h3,5-6,8,10,13,15H,1-2,4,7,9,14H2. The second-order valence-corrected chi connectivity index (χ2v) is 4.84. The summed E-state index contributed by atoms with van der Waals surface area (Å²) in [5.41, 5.74) is 6.72. The summed E-state index contributed by atoms with van der Waals surface area (Å²) in [7, 11) is 0. The van der Waals surface area contributed by atoms with Crippen molar-refractivity contribution in [1.29, 1.82) is 0 Å². The zero-order chi connectivity index (χ0) is 13.0. The highest BCUT2D eigenvalue weighted by Gasteiger charge is 2.23. The van der Waals surface area contributed by atoms with Crippen LogP contribution in [0.25, 0.3) is 0 Å². The first-order chi connectivity index (χ1) is 8.70. The van der Waals surface area contributed by atoms with E-state index >= 15 is 0 Å². The van der Waals surface area contributed by atoms with Gasteiger partial charge in [-0.3, -0.25) is 10.1 Å². The van der Waals surface area contributed by atoms with Crippen molar-refractivity contribution in [3.63, 3.8) is 0 Å². The first-order valence-electron chi connectivity index (χ1n) is 6.42. The highest BCUT2D eigenvalue weighted by atomic mass is 16.6. The number of nitrogens with two attached hydrogens (primary N) is 1. The van der Waals surface area contributed by atoms with Gasteiger partial charge >= 0.3 is 0 Å². The monoisotopic (exact) mass is 249 g/mol. The van der Waals surface area contributed by atoms with E-state index in [2.05, 4.69) is 5.32 Å². The van der Waals surface area contributed by atoms with Crippen LogP contribution >= 0.6 is 0 Å². The Hall–Kier alpha value is -1.62. The molecular weight excluding hydrogens is 230 g/mol. The van der Waals surface area contributed by atoms with Crippen LogP contribution in [-0.2, 0) is 0 Å². The molecule has 0 aliphatic heterocycles. The van der Waals surface area contributed by atoms with Crippen LogP contribution in [0.3, 0.4) is 0 Å². The third-order valence-electron chi connectivity index (χ3n) is 3.62. The molecule has 0 saturated heterocycles. The second kappa shape index (κ2) is 5.82. The van der Waals surface area contributed by atoms with Crippen molar-refractivity contribution >= 4 is 11.4 Å². The first-order valence-corrected chi connectivity index (χ1v) is 6.42. The molecule has 98 valence electrons. The van der Waals surface area contributed by atoms with Gasteiger partial charge in [-0.25, -0.2) is 0 Å². The lowest BCUT2D eigenvalue weighted by Gasteiger charge is -2.32. The first kappa shape index (κ1) is 12.8. The van der Waals surface area contributed by atoms with Crippen LogP contribution in [0, 0.1) is 16.0 Å². The molecule has 0 amide bonds. The molecule has 5 heteroatoms.